The van der Waals surface area contributed by atoms with Gasteiger partial charge in [-0.05, 0) is 26.3 Å². The molecule has 0 spiro atoms. The maximum atomic E-state index is 4.10. The van der Waals surface area contributed by atoms with E-state index in [1.807, 2.05) is 6.92 Å². The summed E-state index contributed by atoms with van der Waals surface area (Å²) in [4.78, 5) is 0. The van der Waals surface area contributed by atoms with E-state index in [0.717, 1.165) is 31.5 Å². The molecular weight excluding hydrogens is 188 g/mol. The van der Waals surface area contributed by atoms with E-state index in [4.69, 9.17) is 0 Å². The van der Waals surface area contributed by atoms with Crippen LogP contribution in [0.3, 0.4) is 0 Å². The van der Waals surface area contributed by atoms with Crippen LogP contribution in [0.15, 0.2) is 6.20 Å². The van der Waals surface area contributed by atoms with Crippen molar-refractivity contribution in [2.75, 3.05) is 6.54 Å². The van der Waals surface area contributed by atoms with Gasteiger partial charge in [0.1, 0.15) is 0 Å². The molecule has 4 nitrogen and oxygen atoms in total. The third kappa shape index (κ3) is 4.13. The van der Waals surface area contributed by atoms with Crippen molar-refractivity contribution in [3.05, 3.63) is 11.9 Å². The molecule has 1 heterocycles. The molecular formula is C11H18N4. The highest BCUT2D eigenvalue weighted by Gasteiger charge is 2.11. The minimum Gasteiger partial charge on any atom is -0.309 e. The molecule has 2 N–H and O–H groups in total. The molecule has 1 atom stereocenters. The number of nitrogens with one attached hydrogen (secondary N) is 2. The molecule has 0 fully saturated rings. The number of H-pyrrole nitrogens is 1. The molecule has 15 heavy (non-hydrogen) atoms. The Kier molecular flexibility index (Phi) is 5.49. The number of hydrogen-bond donors (Lipinski definition) is 2. The minimum atomic E-state index is 0.268. The first-order valence-corrected chi connectivity index (χ1v) is 5.37. The van der Waals surface area contributed by atoms with Crippen molar-refractivity contribution >= 4 is 0 Å². The first-order valence-electron chi connectivity index (χ1n) is 5.37. The van der Waals surface area contributed by atoms with Crippen LogP contribution in [-0.2, 0) is 0 Å². The predicted octanol–water partition coefficient (Wildman–Crippen LogP) is 1.65. The second-order valence-electron chi connectivity index (χ2n) is 3.37. The average molecular weight is 206 g/mol. The second-order valence-corrected chi connectivity index (χ2v) is 3.37. The van der Waals surface area contributed by atoms with Crippen LogP contribution < -0.4 is 5.32 Å². The zero-order valence-corrected chi connectivity index (χ0v) is 9.38. The van der Waals surface area contributed by atoms with Gasteiger partial charge < -0.3 is 5.32 Å². The van der Waals surface area contributed by atoms with Gasteiger partial charge in [0.25, 0.3) is 0 Å². The van der Waals surface area contributed by atoms with E-state index in [0.29, 0.717) is 0 Å². The van der Waals surface area contributed by atoms with E-state index in [2.05, 4.69) is 39.5 Å². The van der Waals surface area contributed by atoms with Crippen LogP contribution in [0.5, 0.6) is 0 Å². The van der Waals surface area contributed by atoms with E-state index in [9.17, 15) is 0 Å². The second kappa shape index (κ2) is 7.02. The summed E-state index contributed by atoms with van der Waals surface area (Å²) in [7, 11) is 0. The van der Waals surface area contributed by atoms with E-state index in [1.165, 1.54) is 0 Å². The van der Waals surface area contributed by atoms with Gasteiger partial charge in [0.2, 0.25) is 0 Å². The van der Waals surface area contributed by atoms with Gasteiger partial charge in [0, 0.05) is 6.42 Å². The highest BCUT2D eigenvalue weighted by molar-refractivity contribution is 5.02. The fourth-order valence-electron chi connectivity index (χ4n) is 1.39. The Bertz CT molecular complexity index is 307. The van der Waals surface area contributed by atoms with Gasteiger partial charge >= 0.3 is 0 Å². The van der Waals surface area contributed by atoms with Crippen molar-refractivity contribution in [3.8, 4) is 11.8 Å². The summed E-state index contributed by atoms with van der Waals surface area (Å²) in [6.07, 6.45) is 4.76. The number of nitrogens with zero attached hydrogens (tertiary/aromatic N) is 2. The van der Waals surface area contributed by atoms with Gasteiger partial charge in [-0.25, -0.2) is 0 Å². The van der Waals surface area contributed by atoms with Gasteiger partial charge in [-0.1, -0.05) is 6.92 Å². The molecule has 1 aromatic rings. The zero-order chi connectivity index (χ0) is 10.9. The van der Waals surface area contributed by atoms with Crippen LogP contribution in [0.4, 0.5) is 0 Å². The third-order valence-corrected chi connectivity index (χ3v) is 2.17. The van der Waals surface area contributed by atoms with E-state index >= 15 is 0 Å². The average Bonchev–Trinajstić information content (AvgIpc) is 2.76. The lowest BCUT2D eigenvalue weighted by Crippen LogP contribution is -2.22. The lowest BCUT2D eigenvalue weighted by atomic mass is 10.1. The Labute approximate surface area is 90.9 Å². The van der Waals surface area contributed by atoms with Gasteiger partial charge in [-0.2, -0.15) is 15.4 Å². The first-order chi connectivity index (χ1) is 7.38. The van der Waals surface area contributed by atoms with Crippen LogP contribution in [0, 0.1) is 11.8 Å². The summed E-state index contributed by atoms with van der Waals surface area (Å²) in [6, 6.07) is 0.268. The standard InChI is InChI=1S/C11H18N4/c1-3-5-6-7-10(12-8-4-2)11-9-13-15-14-11/h9-10,12H,4,6-8H2,1-2H3,(H,13,14,15). The maximum Gasteiger partial charge on any atom is 0.0994 e. The summed E-state index contributed by atoms with van der Waals surface area (Å²) in [5, 5.41) is 14.0. The van der Waals surface area contributed by atoms with Crippen LogP contribution in [0.25, 0.3) is 0 Å². The maximum absolute atomic E-state index is 4.10. The Morgan fingerprint density at radius 3 is 3.07 bits per heavy atom. The number of hydrogen-bond acceptors (Lipinski definition) is 3. The van der Waals surface area contributed by atoms with Crippen molar-refractivity contribution in [1.29, 1.82) is 0 Å². The molecule has 1 unspecified atom stereocenters. The molecule has 0 radical (unpaired) electrons. The lowest BCUT2D eigenvalue weighted by Gasteiger charge is -2.14. The van der Waals surface area contributed by atoms with Crippen LogP contribution in [-0.4, -0.2) is 22.0 Å². The van der Waals surface area contributed by atoms with Crippen molar-refractivity contribution < 1.29 is 0 Å². The summed E-state index contributed by atoms with van der Waals surface area (Å²) in [5.41, 5.74) is 0.973. The van der Waals surface area contributed by atoms with Crippen molar-refractivity contribution in [2.45, 2.75) is 39.2 Å². The highest BCUT2D eigenvalue weighted by atomic mass is 15.3. The Balaban J connectivity index is 2.48. The number of aromatic nitrogens is 3. The van der Waals surface area contributed by atoms with E-state index in [-0.39, 0.29) is 6.04 Å². The summed E-state index contributed by atoms with van der Waals surface area (Å²) in [5.74, 6) is 5.97. The molecule has 4 heteroatoms. The SMILES string of the molecule is CC#CCCC(NCCC)c1cn[nH]n1. The third-order valence-electron chi connectivity index (χ3n) is 2.17. The zero-order valence-electron chi connectivity index (χ0n) is 9.38. The van der Waals surface area contributed by atoms with Gasteiger partial charge in [-0.3, -0.25) is 0 Å². The predicted molar refractivity (Wildman–Crippen MR) is 60.1 cm³/mol. The lowest BCUT2D eigenvalue weighted by molar-refractivity contribution is 0.494. The molecule has 0 saturated heterocycles. The molecule has 0 amide bonds. The summed E-state index contributed by atoms with van der Waals surface area (Å²) >= 11 is 0. The van der Waals surface area contributed by atoms with Crippen molar-refractivity contribution in [1.82, 2.24) is 20.7 Å². The molecule has 1 aromatic heterocycles. The number of aromatic amines is 1. The molecule has 0 aliphatic carbocycles. The summed E-state index contributed by atoms with van der Waals surface area (Å²) < 4.78 is 0. The van der Waals surface area contributed by atoms with Crippen LogP contribution in [0.1, 0.15) is 44.8 Å². The fourth-order valence-corrected chi connectivity index (χ4v) is 1.39. The number of rotatable bonds is 6. The Hall–Kier alpha value is -1.34. The molecule has 0 aliphatic rings. The van der Waals surface area contributed by atoms with Gasteiger partial charge in [-0.15, -0.1) is 11.8 Å². The largest absolute Gasteiger partial charge is 0.309 e. The molecule has 0 bridgehead atoms. The molecule has 0 aliphatic heterocycles. The first kappa shape index (κ1) is 11.7. The van der Waals surface area contributed by atoms with Gasteiger partial charge in [0.05, 0.1) is 17.9 Å². The monoisotopic (exact) mass is 206 g/mol. The smallest absolute Gasteiger partial charge is 0.0994 e. The van der Waals surface area contributed by atoms with E-state index < -0.39 is 0 Å². The van der Waals surface area contributed by atoms with Crippen LogP contribution in [0.2, 0.25) is 0 Å². The minimum absolute atomic E-state index is 0.268. The fraction of sp³-hybridized carbons (Fsp3) is 0.636. The van der Waals surface area contributed by atoms with Crippen LogP contribution >= 0.6 is 0 Å². The van der Waals surface area contributed by atoms with Gasteiger partial charge in [0.15, 0.2) is 0 Å². The topological polar surface area (TPSA) is 53.6 Å². The van der Waals surface area contributed by atoms with Crippen molar-refractivity contribution in [3.63, 3.8) is 0 Å². The van der Waals surface area contributed by atoms with E-state index in [1.54, 1.807) is 6.20 Å². The molecule has 82 valence electrons. The molecule has 0 aromatic carbocycles. The van der Waals surface area contributed by atoms with Crippen molar-refractivity contribution in [2.24, 2.45) is 0 Å². The molecule has 1 rings (SSSR count). The normalized spacial score (nSPS) is 11.9. The Morgan fingerprint density at radius 2 is 2.47 bits per heavy atom. The Morgan fingerprint density at radius 1 is 1.60 bits per heavy atom. The summed E-state index contributed by atoms with van der Waals surface area (Å²) in [6.45, 7) is 5.01. The highest BCUT2D eigenvalue weighted by Crippen LogP contribution is 2.14. The quantitative estimate of drug-likeness (QED) is 0.696. The molecule has 0 saturated carbocycles.